The zero-order chi connectivity index (χ0) is 11.0. The van der Waals surface area contributed by atoms with Crippen molar-refractivity contribution < 1.29 is 5.11 Å². The average molecular weight is 221 g/mol. The number of hydrogen-bond donors (Lipinski definition) is 2. The average Bonchev–Trinajstić information content (AvgIpc) is 2.96. The maximum Gasteiger partial charge on any atom is 0.114 e. The molecule has 88 valence electrons. The smallest absolute Gasteiger partial charge is 0.114 e. The van der Waals surface area contributed by atoms with Crippen LogP contribution < -0.4 is 5.32 Å². The van der Waals surface area contributed by atoms with E-state index in [1.165, 1.54) is 18.5 Å². The van der Waals surface area contributed by atoms with Gasteiger partial charge in [0.15, 0.2) is 0 Å². The van der Waals surface area contributed by atoms with Crippen molar-refractivity contribution >= 4 is 0 Å². The molecule has 0 saturated carbocycles. The van der Waals surface area contributed by atoms with Gasteiger partial charge >= 0.3 is 0 Å². The van der Waals surface area contributed by atoms with Crippen LogP contribution in [-0.4, -0.2) is 27.8 Å². The molecule has 2 aliphatic heterocycles. The van der Waals surface area contributed by atoms with E-state index in [9.17, 15) is 5.11 Å². The summed E-state index contributed by atoms with van der Waals surface area (Å²) in [6.45, 7) is 2.40. The van der Waals surface area contributed by atoms with Gasteiger partial charge in [-0.1, -0.05) is 0 Å². The summed E-state index contributed by atoms with van der Waals surface area (Å²) in [6.07, 6.45) is 6.86. The Morgan fingerprint density at radius 3 is 3.12 bits per heavy atom. The number of nitrogens with one attached hydrogen (secondary N) is 1. The van der Waals surface area contributed by atoms with Gasteiger partial charge in [0.1, 0.15) is 5.82 Å². The molecule has 2 atom stereocenters. The second-order valence-corrected chi connectivity index (χ2v) is 4.89. The van der Waals surface area contributed by atoms with Gasteiger partial charge in [0, 0.05) is 18.7 Å². The fourth-order valence-electron chi connectivity index (χ4n) is 2.87. The minimum Gasteiger partial charge on any atom is -0.396 e. The molecule has 0 radical (unpaired) electrons. The number of aryl methyl sites for hydroxylation is 1. The van der Waals surface area contributed by atoms with Crippen LogP contribution in [0.1, 0.15) is 49.2 Å². The van der Waals surface area contributed by atoms with E-state index in [2.05, 4.69) is 16.1 Å². The zero-order valence-corrected chi connectivity index (χ0v) is 9.52. The molecule has 0 spiro atoms. The van der Waals surface area contributed by atoms with Crippen molar-refractivity contribution in [3.8, 4) is 0 Å². The van der Waals surface area contributed by atoms with E-state index in [0.717, 1.165) is 31.8 Å². The van der Waals surface area contributed by atoms with Crippen LogP contribution in [-0.2, 0) is 6.54 Å². The van der Waals surface area contributed by atoms with Crippen LogP contribution >= 0.6 is 0 Å². The minimum absolute atomic E-state index is 0.231. The standard InChI is InChI=1S/C12H19N3O/c16-8-9-3-2-6-15-7-11(14-12(9)15)10-4-1-5-13-10/h7,9-10,13,16H,1-6,8H2. The van der Waals surface area contributed by atoms with E-state index in [1.807, 2.05) is 0 Å². The number of rotatable bonds is 2. The number of hydrogen-bond acceptors (Lipinski definition) is 3. The molecule has 0 aliphatic carbocycles. The predicted octanol–water partition coefficient (Wildman–Crippen LogP) is 1.18. The number of nitrogens with zero attached hydrogens (tertiary/aromatic N) is 2. The van der Waals surface area contributed by atoms with Crippen LogP contribution in [0.5, 0.6) is 0 Å². The van der Waals surface area contributed by atoms with Gasteiger partial charge in [-0.15, -0.1) is 0 Å². The first kappa shape index (κ1) is 10.3. The molecule has 1 saturated heterocycles. The molecule has 2 N–H and O–H groups in total. The summed E-state index contributed by atoms with van der Waals surface area (Å²) in [5, 5.41) is 12.8. The molecule has 0 bridgehead atoms. The summed E-state index contributed by atoms with van der Waals surface area (Å²) in [5.41, 5.74) is 1.17. The number of aliphatic hydroxyl groups is 1. The molecule has 1 aromatic heterocycles. The molecular weight excluding hydrogens is 202 g/mol. The highest BCUT2D eigenvalue weighted by molar-refractivity contribution is 5.14. The maximum atomic E-state index is 9.34. The van der Waals surface area contributed by atoms with Crippen LogP contribution in [0.3, 0.4) is 0 Å². The summed E-state index contributed by atoms with van der Waals surface area (Å²) in [7, 11) is 0. The first-order chi connectivity index (χ1) is 7.88. The lowest BCUT2D eigenvalue weighted by Gasteiger charge is -2.21. The van der Waals surface area contributed by atoms with Gasteiger partial charge in [0.05, 0.1) is 18.3 Å². The zero-order valence-electron chi connectivity index (χ0n) is 9.52. The second kappa shape index (κ2) is 4.18. The highest BCUT2D eigenvalue weighted by Crippen LogP contribution is 2.29. The fourth-order valence-corrected chi connectivity index (χ4v) is 2.87. The maximum absolute atomic E-state index is 9.34. The summed E-state index contributed by atoms with van der Waals surface area (Å²) in [6, 6.07) is 0.442. The molecule has 3 heterocycles. The van der Waals surface area contributed by atoms with Crippen LogP contribution in [0.2, 0.25) is 0 Å². The van der Waals surface area contributed by atoms with E-state index in [4.69, 9.17) is 4.98 Å². The van der Waals surface area contributed by atoms with Crippen molar-refractivity contribution in [3.05, 3.63) is 17.7 Å². The first-order valence-corrected chi connectivity index (χ1v) is 6.29. The van der Waals surface area contributed by atoms with Crippen molar-refractivity contribution in [3.63, 3.8) is 0 Å². The van der Waals surface area contributed by atoms with Crippen LogP contribution in [0.15, 0.2) is 6.20 Å². The molecule has 0 amide bonds. The Balaban J connectivity index is 1.89. The highest BCUT2D eigenvalue weighted by Gasteiger charge is 2.26. The normalized spacial score (nSPS) is 29.3. The van der Waals surface area contributed by atoms with Crippen molar-refractivity contribution in [2.24, 2.45) is 0 Å². The Kier molecular flexibility index (Phi) is 2.69. The van der Waals surface area contributed by atoms with Gasteiger partial charge in [-0.25, -0.2) is 4.98 Å². The summed E-state index contributed by atoms with van der Waals surface area (Å²) in [4.78, 5) is 4.73. The van der Waals surface area contributed by atoms with Crippen molar-refractivity contribution in [1.29, 1.82) is 0 Å². The molecule has 3 rings (SSSR count). The lowest BCUT2D eigenvalue weighted by molar-refractivity contribution is 0.238. The SMILES string of the molecule is OCC1CCCn2cc(C3CCCN3)nc21. The second-order valence-electron chi connectivity index (χ2n) is 4.89. The third-order valence-electron chi connectivity index (χ3n) is 3.78. The third kappa shape index (κ3) is 1.66. The Bertz CT molecular complexity index is 368. The Hall–Kier alpha value is -0.870. The summed E-state index contributed by atoms with van der Waals surface area (Å²) < 4.78 is 2.24. The van der Waals surface area contributed by atoms with Crippen molar-refractivity contribution in [2.45, 2.75) is 44.2 Å². The number of aromatic nitrogens is 2. The molecular formula is C12H19N3O. The number of fused-ring (bicyclic) bond motifs is 1. The van der Waals surface area contributed by atoms with Crippen LogP contribution in [0, 0.1) is 0 Å². The molecule has 0 aromatic carbocycles. The van der Waals surface area contributed by atoms with E-state index in [0.29, 0.717) is 6.04 Å². The van der Waals surface area contributed by atoms with Gasteiger partial charge in [-0.3, -0.25) is 0 Å². The number of aliphatic hydroxyl groups excluding tert-OH is 1. The first-order valence-electron chi connectivity index (χ1n) is 6.29. The van der Waals surface area contributed by atoms with E-state index in [1.54, 1.807) is 0 Å². The molecule has 1 fully saturated rings. The van der Waals surface area contributed by atoms with Gasteiger partial charge in [0.2, 0.25) is 0 Å². The molecule has 2 unspecified atom stereocenters. The van der Waals surface area contributed by atoms with E-state index < -0.39 is 0 Å². The van der Waals surface area contributed by atoms with Crippen LogP contribution in [0.25, 0.3) is 0 Å². The Labute approximate surface area is 95.7 Å². The van der Waals surface area contributed by atoms with Crippen LogP contribution in [0.4, 0.5) is 0 Å². The molecule has 4 nitrogen and oxygen atoms in total. The largest absolute Gasteiger partial charge is 0.396 e. The van der Waals surface area contributed by atoms with Gasteiger partial charge in [-0.05, 0) is 32.2 Å². The minimum atomic E-state index is 0.231. The topological polar surface area (TPSA) is 50.1 Å². The number of imidazole rings is 1. The van der Waals surface area contributed by atoms with Gasteiger partial charge < -0.3 is 15.0 Å². The molecule has 1 aromatic rings. The lowest BCUT2D eigenvalue weighted by Crippen LogP contribution is -2.18. The summed E-state index contributed by atoms with van der Waals surface area (Å²) >= 11 is 0. The third-order valence-corrected chi connectivity index (χ3v) is 3.78. The molecule has 2 aliphatic rings. The summed E-state index contributed by atoms with van der Waals surface area (Å²) in [5.74, 6) is 1.35. The quantitative estimate of drug-likeness (QED) is 0.788. The highest BCUT2D eigenvalue weighted by atomic mass is 16.3. The van der Waals surface area contributed by atoms with E-state index >= 15 is 0 Å². The van der Waals surface area contributed by atoms with Gasteiger partial charge in [-0.2, -0.15) is 0 Å². The molecule has 16 heavy (non-hydrogen) atoms. The monoisotopic (exact) mass is 221 g/mol. The van der Waals surface area contributed by atoms with Crippen molar-refractivity contribution in [1.82, 2.24) is 14.9 Å². The Morgan fingerprint density at radius 1 is 1.44 bits per heavy atom. The predicted molar refractivity (Wildman–Crippen MR) is 61.3 cm³/mol. The Morgan fingerprint density at radius 2 is 2.38 bits per heavy atom. The fraction of sp³-hybridized carbons (Fsp3) is 0.750. The van der Waals surface area contributed by atoms with E-state index in [-0.39, 0.29) is 12.5 Å². The van der Waals surface area contributed by atoms with Gasteiger partial charge in [0.25, 0.3) is 0 Å². The molecule has 4 heteroatoms. The van der Waals surface area contributed by atoms with Crippen molar-refractivity contribution in [2.75, 3.05) is 13.2 Å². The lowest BCUT2D eigenvalue weighted by atomic mass is 10.0.